The highest BCUT2D eigenvalue weighted by Gasteiger charge is 2.03. The first-order valence-corrected chi connectivity index (χ1v) is 2.89. The molecule has 0 aromatic carbocycles. The van der Waals surface area contributed by atoms with Crippen molar-refractivity contribution < 1.29 is 9.53 Å². The lowest BCUT2D eigenvalue weighted by molar-refractivity contribution is 0.123. The molecule has 0 atom stereocenters. The van der Waals surface area contributed by atoms with Gasteiger partial charge in [0.2, 0.25) is 0 Å². The van der Waals surface area contributed by atoms with Crippen LogP contribution in [0.2, 0.25) is 0 Å². The smallest absolute Gasteiger partial charge is 0.409 e. The van der Waals surface area contributed by atoms with Gasteiger partial charge < -0.3 is 9.64 Å². The molecule has 0 heterocycles. The van der Waals surface area contributed by atoms with Gasteiger partial charge in [-0.3, -0.25) is 0 Å². The average molecular weight is 130 g/mol. The molecule has 0 spiro atoms. The average Bonchev–Trinajstić information content (AvgIpc) is 1.87. The molecule has 0 N–H and O–H groups in total. The van der Waals surface area contributed by atoms with Crippen molar-refractivity contribution in [2.45, 2.75) is 6.92 Å². The van der Waals surface area contributed by atoms with Crippen LogP contribution in [-0.4, -0.2) is 31.2 Å². The largest absolute Gasteiger partial charge is 0.449 e. The normalized spacial score (nSPS) is 8.78. The molecule has 0 fully saturated rings. The van der Waals surface area contributed by atoms with Crippen molar-refractivity contribution in [3.8, 4) is 0 Å². The number of nitrogens with zero attached hydrogens (tertiary/aromatic N) is 1. The van der Waals surface area contributed by atoms with Crippen molar-refractivity contribution in [1.29, 1.82) is 0 Å². The Kier molecular flexibility index (Phi) is 3.84. The zero-order valence-corrected chi connectivity index (χ0v) is 5.89. The predicted molar refractivity (Wildman–Crippen MR) is 35.0 cm³/mol. The zero-order valence-electron chi connectivity index (χ0n) is 5.89. The van der Waals surface area contributed by atoms with Crippen LogP contribution in [0.3, 0.4) is 0 Å². The van der Waals surface area contributed by atoms with E-state index in [4.69, 9.17) is 0 Å². The van der Waals surface area contributed by atoms with Crippen molar-refractivity contribution in [3.05, 3.63) is 6.92 Å². The molecule has 0 saturated heterocycles. The van der Waals surface area contributed by atoms with Gasteiger partial charge in [-0.15, -0.1) is 0 Å². The molecule has 0 rings (SSSR count). The zero-order chi connectivity index (χ0) is 7.28. The van der Waals surface area contributed by atoms with Gasteiger partial charge >= 0.3 is 6.09 Å². The molecule has 0 saturated carbocycles. The first kappa shape index (κ1) is 8.27. The lowest BCUT2D eigenvalue weighted by Crippen LogP contribution is -2.26. The summed E-state index contributed by atoms with van der Waals surface area (Å²) in [5, 5.41) is 0. The minimum absolute atomic E-state index is 0.198. The first-order chi connectivity index (χ1) is 4.22. The second kappa shape index (κ2) is 4.18. The maximum atomic E-state index is 10.6. The van der Waals surface area contributed by atoms with Gasteiger partial charge in [0, 0.05) is 13.6 Å². The number of rotatable bonds is 2. The molecule has 0 aromatic heterocycles. The van der Waals surface area contributed by atoms with Gasteiger partial charge in [-0.05, 0) is 13.8 Å². The fourth-order valence-electron chi connectivity index (χ4n) is 0.327. The van der Waals surface area contributed by atoms with Crippen LogP contribution < -0.4 is 0 Å². The summed E-state index contributed by atoms with van der Waals surface area (Å²) in [4.78, 5) is 12.1. The lowest BCUT2D eigenvalue weighted by Gasteiger charge is -2.12. The van der Waals surface area contributed by atoms with E-state index in [9.17, 15) is 4.79 Å². The van der Waals surface area contributed by atoms with Crippen LogP contribution in [0.25, 0.3) is 0 Å². The molecule has 0 aliphatic heterocycles. The summed E-state index contributed by atoms with van der Waals surface area (Å²) in [5.74, 6) is 0. The van der Waals surface area contributed by atoms with E-state index in [1.165, 1.54) is 4.90 Å². The highest BCUT2D eigenvalue weighted by Crippen LogP contribution is 1.86. The van der Waals surface area contributed by atoms with Gasteiger partial charge in [0.25, 0.3) is 0 Å². The Balaban J connectivity index is 3.46. The third-order valence-corrected chi connectivity index (χ3v) is 1.01. The van der Waals surface area contributed by atoms with Gasteiger partial charge in [0.15, 0.2) is 0 Å². The van der Waals surface area contributed by atoms with Crippen molar-refractivity contribution >= 4 is 6.09 Å². The highest BCUT2D eigenvalue weighted by molar-refractivity contribution is 5.67. The van der Waals surface area contributed by atoms with Crippen LogP contribution >= 0.6 is 0 Å². The van der Waals surface area contributed by atoms with E-state index in [2.05, 4.69) is 11.7 Å². The van der Waals surface area contributed by atoms with Gasteiger partial charge in [-0.2, -0.15) is 0 Å². The summed E-state index contributed by atoms with van der Waals surface area (Å²) in [6.07, 6.45) is -0.312. The molecule has 1 amide bonds. The Morgan fingerprint density at radius 1 is 1.78 bits per heavy atom. The molecule has 3 heteroatoms. The van der Waals surface area contributed by atoms with Crippen LogP contribution in [0, 0.1) is 6.92 Å². The monoisotopic (exact) mass is 130 g/mol. The Bertz CT molecular complexity index is 93.1. The van der Waals surface area contributed by atoms with E-state index in [0.717, 1.165) is 0 Å². The molecular formula is C6H12NO2. The topological polar surface area (TPSA) is 29.5 Å². The Morgan fingerprint density at radius 2 is 2.33 bits per heavy atom. The molecule has 9 heavy (non-hydrogen) atoms. The molecule has 0 bridgehead atoms. The predicted octanol–water partition coefficient (Wildman–Crippen LogP) is 0.909. The van der Waals surface area contributed by atoms with Gasteiger partial charge in [-0.1, -0.05) is 0 Å². The fourth-order valence-corrected chi connectivity index (χ4v) is 0.327. The number of carbonyl (C=O) groups excluding carboxylic acids is 1. The number of carbonyl (C=O) groups is 1. The highest BCUT2D eigenvalue weighted by atomic mass is 16.5. The number of ether oxygens (including phenoxy) is 1. The van der Waals surface area contributed by atoms with Crippen LogP contribution in [0.4, 0.5) is 4.79 Å². The maximum absolute atomic E-state index is 10.6. The molecular weight excluding hydrogens is 118 g/mol. The Morgan fingerprint density at radius 3 is 2.67 bits per heavy atom. The van der Waals surface area contributed by atoms with Crippen molar-refractivity contribution in [1.82, 2.24) is 4.90 Å². The van der Waals surface area contributed by atoms with Gasteiger partial charge in [0.1, 0.15) is 0 Å². The Hall–Kier alpha value is -0.730. The van der Waals surface area contributed by atoms with E-state index >= 15 is 0 Å². The minimum atomic E-state index is -0.312. The molecule has 53 valence electrons. The maximum Gasteiger partial charge on any atom is 0.409 e. The molecule has 0 unspecified atom stereocenters. The SMILES string of the molecule is [CH2]COC(=O)N(C)CC. The molecule has 0 aromatic rings. The van der Waals surface area contributed by atoms with Crippen molar-refractivity contribution in [2.24, 2.45) is 0 Å². The van der Waals surface area contributed by atoms with E-state index in [0.29, 0.717) is 6.54 Å². The minimum Gasteiger partial charge on any atom is -0.449 e. The van der Waals surface area contributed by atoms with Crippen LogP contribution in [0.1, 0.15) is 6.92 Å². The second-order valence-electron chi connectivity index (χ2n) is 1.63. The second-order valence-corrected chi connectivity index (χ2v) is 1.63. The summed E-state index contributed by atoms with van der Waals surface area (Å²) < 4.78 is 4.57. The van der Waals surface area contributed by atoms with Crippen LogP contribution in [0.15, 0.2) is 0 Å². The summed E-state index contributed by atoms with van der Waals surface area (Å²) in [6.45, 7) is 6.12. The molecule has 0 aliphatic carbocycles. The van der Waals surface area contributed by atoms with Crippen LogP contribution in [-0.2, 0) is 4.74 Å². The lowest BCUT2D eigenvalue weighted by atomic mass is 10.7. The fraction of sp³-hybridized carbons (Fsp3) is 0.667. The van der Waals surface area contributed by atoms with E-state index in [-0.39, 0.29) is 12.7 Å². The van der Waals surface area contributed by atoms with Crippen LogP contribution in [0.5, 0.6) is 0 Å². The third kappa shape index (κ3) is 2.95. The summed E-state index contributed by atoms with van der Waals surface area (Å²) >= 11 is 0. The number of hydrogen-bond donors (Lipinski definition) is 0. The molecule has 1 radical (unpaired) electrons. The van der Waals surface area contributed by atoms with Crippen molar-refractivity contribution in [2.75, 3.05) is 20.2 Å². The molecule has 3 nitrogen and oxygen atoms in total. The number of amides is 1. The molecule has 0 aliphatic rings. The first-order valence-electron chi connectivity index (χ1n) is 2.89. The third-order valence-electron chi connectivity index (χ3n) is 1.01. The summed E-state index contributed by atoms with van der Waals surface area (Å²) in [6, 6.07) is 0. The number of hydrogen-bond acceptors (Lipinski definition) is 2. The van der Waals surface area contributed by atoms with E-state index < -0.39 is 0 Å². The van der Waals surface area contributed by atoms with Gasteiger partial charge in [0.05, 0.1) is 6.61 Å². The Labute approximate surface area is 55.6 Å². The van der Waals surface area contributed by atoms with E-state index in [1.54, 1.807) is 7.05 Å². The van der Waals surface area contributed by atoms with E-state index in [1.807, 2.05) is 6.92 Å². The standard InChI is InChI=1S/C6H12NO2/c1-4-7(3)6(8)9-5-2/h2,4-5H2,1,3H3. The summed E-state index contributed by atoms with van der Waals surface area (Å²) in [7, 11) is 1.68. The van der Waals surface area contributed by atoms with Crippen molar-refractivity contribution in [3.63, 3.8) is 0 Å². The summed E-state index contributed by atoms with van der Waals surface area (Å²) in [5.41, 5.74) is 0. The quantitative estimate of drug-likeness (QED) is 0.556. The van der Waals surface area contributed by atoms with Gasteiger partial charge in [-0.25, -0.2) is 4.79 Å².